The zero-order chi connectivity index (χ0) is 44.0. The van der Waals surface area contributed by atoms with Crippen LogP contribution in [0.5, 0.6) is 0 Å². The van der Waals surface area contributed by atoms with E-state index in [0.29, 0.717) is 5.82 Å². The van der Waals surface area contributed by atoms with E-state index in [1.165, 1.54) is 74.6 Å². The fourth-order valence-corrected chi connectivity index (χ4v) is 11.4. The lowest BCUT2D eigenvalue weighted by Crippen LogP contribution is -2.02. The average Bonchev–Trinajstić information content (AvgIpc) is 4.05. The molecular formula is C61H37N5S. The van der Waals surface area contributed by atoms with Gasteiger partial charge in [0.2, 0.25) is 0 Å². The number of aromatic nitrogens is 5. The molecule has 5 heterocycles. The summed E-state index contributed by atoms with van der Waals surface area (Å²) in [6.07, 6.45) is 3.87. The molecule has 67 heavy (non-hydrogen) atoms. The highest BCUT2D eigenvalue weighted by Gasteiger charge is 2.20. The van der Waals surface area contributed by atoms with Crippen molar-refractivity contribution in [1.82, 2.24) is 24.1 Å². The Morgan fingerprint density at radius 3 is 1.87 bits per heavy atom. The lowest BCUT2D eigenvalue weighted by atomic mass is 9.92. The molecule has 0 fully saturated rings. The number of nitrogens with zero attached hydrogens (tertiary/aromatic N) is 5. The molecule has 0 aliphatic heterocycles. The van der Waals surface area contributed by atoms with Crippen molar-refractivity contribution in [3.63, 3.8) is 0 Å². The number of fused-ring (bicyclic) bond motifs is 10. The van der Waals surface area contributed by atoms with Gasteiger partial charge in [0.05, 0.1) is 27.8 Å². The number of hydrogen-bond donors (Lipinski definition) is 0. The third-order valence-electron chi connectivity index (χ3n) is 13.4. The molecule has 0 spiro atoms. The lowest BCUT2D eigenvalue weighted by molar-refractivity contribution is 1.05. The highest BCUT2D eigenvalue weighted by molar-refractivity contribution is 7.25. The summed E-state index contributed by atoms with van der Waals surface area (Å²) in [5, 5.41) is 9.65. The van der Waals surface area contributed by atoms with Crippen molar-refractivity contribution in [2.75, 3.05) is 0 Å². The first kappa shape index (κ1) is 37.6. The van der Waals surface area contributed by atoms with E-state index >= 15 is 0 Å². The Kier molecular flexibility index (Phi) is 8.38. The molecule has 5 nitrogen and oxygen atoms in total. The minimum atomic E-state index is 0.688. The first-order valence-corrected chi connectivity index (χ1v) is 23.4. The molecule has 0 atom stereocenters. The van der Waals surface area contributed by atoms with Crippen molar-refractivity contribution < 1.29 is 0 Å². The van der Waals surface area contributed by atoms with Gasteiger partial charge in [-0.05, 0) is 99.8 Å². The molecule has 14 aromatic rings. The van der Waals surface area contributed by atoms with E-state index < -0.39 is 0 Å². The van der Waals surface area contributed by atoms with E-state index in [1.54, 1.807) is 0 Å². The number of benzene rings is 9. The van der Waals surface area contributed by atoms with Gasteiger partial charge in [0, 0.05) is 77.0 Å². The van der Waals surface area contributed by atoms with E-state index in [2.05, 4.69) is 202 Å². The topological polar surface area (TPSA) is 48.5 Å². The molecular weight excluding hydrogens is 835 g/mol. The summed E-state index contributed by atoms with van der Waals surface area (Å²) in [7, 11) is 0. The van der Waals surface area contributed by atoms with Gasteiger partial charge in [-0.2, -0.15) is 0 Å². The van der Waals surface area contributed by atoms with Crippen molar-refractivity contribution in [3.8, 4) is 56.4 Å². The summed E-state index contributed by atoms with van der Waals surface area (Å²) in [4.78, 5) is 14.9. The summed E-state index contributed by atoms with van der Waals surface area (Å²) < 4.78 is 7.26. The summed E-state index contributed by atoms with van der Waals surface area (Å²) in [6, 6.07) is 76.6. The van der Waals surface area contributed by atoms with Crippen molar-refractivity contribution in [2.45, 2.75) is 0 Å². The van der Waals surface area contributed by atoms with Crippen LogP contribution < -0.4 is 0 Å². The van der Waals surface area contributed by atoms with Gasteiger partial charge in [-0.25, -0.2) is 9.97 Å². The van der Waals surface area contributed by atoms with Crippen LogP contribution in [0.4, 0.5) is 0 Å². The van der Waals surface area contributed by atoms with E-state index in [-0.39, 0.29) is 0 Å². The maximum absolute atomic E-state index is 5.31. The van der Waals surface area contributed by atoms with Gasteiger partial charge < -0.3 is 4.57 Å². The molecule has 5 aromatic heterocycles. The number of thiophene rings is 1. The van der Waals surface area contributed by atoms with Crippen LogP contribution in [0.25, 0.3) is 131 Å². The monoisotopic (exact) mass is 871 g/mol. The second kappa shape index (κ2) is 14.9. The fraction of sp³-hybridized carbons (Fsp3) is 0. The van der Waals surface area contributed by atoms with Gasteiger partial charge in [0.25, 0.3) is 0 Å². The lowest BCUT2D eigenvalue weighted by Gasteiger charge is -2.14. The Morgan fingerprint density at radius 2 is 1.03 bits per heavy atom. The highest BCUT2D eigenvalue weighted by atomic mass is 32.1. The van der Waals surface area contributed by atoms with Crippen molar-refractivity contribution in [2.24, 2.45) is 0 Å². The predicted molar refractivity (Wildman–Crippen MR) is 281 cm³/mol. The van der Waals surface area contributed by atoms with Crippen LogP contribution in [0.15, 0.2) is 225 Å². The summed E-state index contributed by atoms with van der Waals surface area (Å²) in [5.41, 5.74) is 13.2. The Hall–Kier alpha value is -8.71. The second-order valence-electron chi connectivity index (χ2n) is 17.2. The Labute approximate surface area is 389 Å². The summed E-state index contributed by atoms with van der Waals surface area (Å²) >= 11 is 1.82. The first-order chi connectivity index (χ1) is 33.2. The van der Waals surface area contributed by atoms with Crippen LogP contribution >= 0.6 is 11.3 Å². The zero-order valence-electron chi connectivity index (χ0n) is 36.0. The number of pyridine rings is 1. The Bertz CT molecular complexity index is 4220. The van der Waals surface area contributed by atoms with E-state index in [4.69, 9.17) is 9.97 Å². The number of para-hydroxylation sites is 2. The third kappa shape index (κ3) is 6.04. The average molecular weight is 872 g/mol. The van der Waals surface area contributed by atoms with Crippen LogP contribution in [-0.2, 0) is 0 Å². The molecule has 0 unspecified atom stereocenters. The highest BCUT2D eigenvalue weighted by Crippen LogP contribution is 2.42. The second-order valence-corrected chi connectivity index (χ2v) is 18.3. The van der Waals surface area contributed by atoms with Crippen molar-refractivity contribution in [1.29, 1.82) is 0 Å². The van der Waals surface area contributed by atoms with Gasteiger partial charge in [-0.1, -0.05) is 140 Å². The predicted octanol–water partition coefficient (Wildman–Crippen LogP) is 16.3. The molecule has 312 valence electrons. The summed E-state index contributed by atoms with van der Waals surface area (Å²) in [6.45, 7) is 0. The van der Waals surface area contributed by atoms with Gasteiger partial charge in [-0.3, -0.25) is 9.55 Å². The minimum absolute atomic E-state index is 0.688. The normalized spacial score (nSPS) is 11.9. The molecule has 9 aromatic carbocycles. The van der Waals surface area contributed by atoms with Gasteiger partial charge in [0.1, 0.15) is 5.82 Å². The molecule has 0 bridgehead atoms. The quantitative estimate of drug-likeness (QED) is 0.167. The smallest absolute Gasteiger partial charge is 0.162 e. The molecule has 0 saturated heterocycles. The zero-order valence-corrected chi connectivity index (χ0v) is 36.8. The minimum Gasteiger partial charge on any atom is -0.309 e. The van der Waals surface area contributed by atoms with E-state index in [1.807, 2.05) is 48.0 Å². The van der Waals surface area contributed by atoms with Gasteiger partial charge in [0.15, 0.2) is 5.82 Å². The molecule has 0 saturated carbocycles. The van der Waals surface area contributed by atoms with E-state index in [0.717, 1.165) is 50.5 Å². The van der Waals surface area contributed by atoms with Gasteiger partial charge in [-0.15, -0.1) is 11.3 Å². The molecule has 14 rings (SSSR count). The van der Waals surface area contributed by atoms with E-state index in [9.17, 15) is 0 Å². The maximum Gasteiger partial charge on any atom is 0.162 e. The van der Waals surface area contributed by atoms with Crippen LogP contribution in [-0.4, -0.2) is 24.1 Å². The largest absolute Gasteiger partial charge is 0.309 e. The number of hydrogen-bond acceptors (Lipinski definition) is 4. The SMILES string of the molecule is c1ccc(-c2cc(-n3c4ccccc4c4ccc(-c5cc(-c6ccc7c(c6)c6ccccc6n7-c6ccc7sc8ccncc8c7c6)c6ccccc6c5)cc43)nc(-c3ccccc3)n2)cc1. The molecule has 6 heteroatoms. The number of rotatable bonds is 6. The Balaban J connectivity index is 0.950. The van der Waals surface area contributed by atoms with Crippen molar-refractivity contribution >= 4 is 85.9 Å². The molecule has 0 aliphatic rings. The molecule has 0 radical (unpaired) electrons. The molecule has 0 N–H and O–H groups in total. The first-order valence-electron chi connectivity index (χ1n) is 22.6. The van der Waals surface area contributed by atoms with Crippen molar-refractivity contribution in [3.05, 3.63) is 225 Å². The van der Waals surface area contributed by atoms with Crippen LogP contribution in [0, 0.1) is 0 Å². The molecule has 0 aliphatic carbocycles. The molecule has 0 amide bonds. The van der Waals surface area contributed by atoms with Crippen LogP contribution in [0.2, 0.25) is 0 Å². The third-order valence-corrected chi connectivity index (χ3v) is 14.6. The standard InChI is InChI=1S/C61H37N5S/c1-3-13-38(14-4-1)53-36-60(64-61(63-53)39-15-5-2-6-16-39)66-55-22-12-9-19-46(55)48-26-23-40(34-57(48)66)43-31-41-17-7-8-18-45(41)49(33-43)42-24-27-56-50(32-42)47-20-10-11-21-54(47)65(56)44-25-28-58-51(35-44)52-37-62-30-29-59(52)67-58/h1-37H. The maximum atomic E-state index is 5.31. The van der Waals surface area contributed by atoms with Crippen LogP contribution in [0.1, 0.15) is 0 Å². The Morgan fingerprint density at radius 1 is 0.358 bits per heavy atom. The van der Waals surface area contributed by atoms with Crippen LogP contribution in [0.3, 0.4) is 0 Å². The summed E-state index contributed by atoms with van der Waals surface area (Å²) in [5.74, 6) is 1.51. The van der Waals surface area contributed by atoms with Gasteiger partial charge >= 0.3 is 0 Å². The fourth-order valence-electron chi connectivity index (χ4n) is 10.3.